The van der Waals surface area contributed by atoms with E-state index in [9.17, 15) is 5.11 Å². The molecule has 7 atom stereocenters. The molecule has 3 saturated carbocycles. The van der Waals surface area contributed by atoms with Crippen molar-refractivity contribution < 1.29 is 19.3 Å². The maximum atomic E-state index is 12.2. The topological polar surface area (TPSA) is 51.2 Å². The maximum absolute atomic E-state index is 12.2. The normalized spacial score (nSPS) is 40.1. The smallest absolute Gasteiger partial charge is 0.118 e. The van der Waals surface area contributed by atoms with Crippen LogP contribution in [0, 0.1) is 28.6 Å². The van der Waals surface area contributed by atoms with Crippen LogP contribution in [0.1, 0.15) is 83.6 Å². The van der Waals surface area contributed by atoms with E-state index in [1.165, 1.54) is 51.6 Å². The summed E-state index contributed by atoms with van der Waals surface area (Å²) in [5.41, 5.74) is 2.22. The summed E-state index contributed by atoms with van der Waals surface area (Å²) in [4.78, 5) is 2.50. The summed E-state index contributed by atoms with van der Waals surface area (Å²) >= 11 is 0. The molecule has 5 aliphatic rings. The second-order valence-electron chi connectivity index (χ2n) is 13.7. The van der Waals surface area contributed by atoms with Crippen molar-refractivity contribution in [3.63, 3.8) is 0 Å². The van der Waals surface area contributed by atoms with Gasteiger partial charge in [-0.1, -0.05) is 37.6 Å². The lowest BCUT2D eigenvalue weighted by molar-refractivity contribution is -0.133. The van der Waals surface area contributed by atoms with Gasteiger partial charge in [-0.2, -0.15) is 0 Å². The summed E-state index contributed by atoms with van der Waals surface area (Å²) in [6, 6.07) is 8.22. The number of allylic oxidation sites excluding steroid dienone is 1. The molecule has 0 aromatic heterocycles. The molecular formula is C34H51NO4. The Morgan fingerprint density at radius 2 is 1.67 bits per heavy atom. The first-order valence-electron chi connectivity index (χ1n) is 15.9. The first-order chi connectivity index (χ1) is 18.9. The number of ether oxygens (including phenoxy) is 3. The first-order valence-corrected chi connectivity index (χ1v) is 15.9. The fourth-order valence-electron chi connectivity index (χ4n) is 9.75. The number of rotatable bonds is 9. The van der Waals surface area contributed by atoms with Gasteiger partial charge in [0.1, 0.15) is 5.75 Å². The van der Waals surface area contributed by atoms with Crippen LogP contribution in [0.2, 0.25) is 0 Å². The molecule has 1 aromatic carbocycles. The number of methoxy groups -OCH3 is 1. The van der Waals surface area contributed by atoms with Crippen LogP contribution in [0.25, 0.3) is 0 Å². The first kappa shape index (κ1) is 27.8. The quantitative estimate of drug-likeness (QED) is 0.294. The highest BCUT2D eigenvalue weighted by Crippen LogP contribution is 2.69. The lowest BCUT2D eigenvalue weighted by atomic mass is 9.46. The van der Waals surface area contributed by atoms with Gasteiger partial charge in [0.2, 0.25) is 0 Å². The minimum atomic E-state index is -0.742. The lowest BCUT2D eigenvalue weighted by Crippen LogP contribution is -2.54. The molecule has 4 fully saturated rings. The van der Waals surface area contributed by atoms with Crippen LogP contribution in [0.15, 0.2) is 35.9 Å². The maximum Gasteiger partial charge on any atom is 0.118 e. The van der Waals surface area contributed by atoms with Crippen molar-refractivity contribution in [2.75, 3.05) is 46.6 Å². The Bertz CT molecular complexity index is 1020. The molecule has 216 valence electrons. The third-order valence-corrected chi connectivity index (χ3v) is 12.1. The van der Waals surface area contributed by atoms with Gasteiger partial charge in [-0.3, -0.25) is 0 Å². The van der Waals surface area contributed by atoms with Crippen molar-refractivity contribution in [1.82, 2.24) is 4.90 Å². The third-order valence-electron chi connectivity index (χ3n) is 12.1. The number of aliphatic hydroxyl groups is 1. The van der Waals surface area contributed by atoms with Crippen LogP contribution in [-0.2, 0) is 15.1 Å². The van der Waals surface area contributed by atoms with Crippen LogP contribution >= 0.6 is 0 Å². The minimum absolute atomic E-state index is 0.0601. The standard InChI is InChI=1S/C34H51NO4/c1-32-15-12-28(39-23-22-38-21-20-35-18-4-5-19-35)24-26(32)8-11-29-30(32)13-16-33(2)31(29)14-17-34(33,36)25-6-9-27(37-3)10-7-25/h6-7,9-10,24,28-31,36H,4-5,8,11-23H2,1-3H3/t28?,29-,30-,31+,32+,33+,34?/m1/s1. The van der Waals surface area contributed by atoms with Gasteiger partial charge in [0.25, 0.3) is 0 Å². The van der Waals surface area contributed by atoms with E-state index >= 15 is 0 Å². The van der Waals surface area contributed by atoms with Crippen LogP contribution < -0.4 is 4.74 Å². The zero-order chi connectivity index (χ0) is 27.1. The van der Waals surface area contributed by atoms with Gasteiger partial charge in [-0.05, 0) is 118 Å². The number of nitrogens with zero attached hydrogens (tertiary/aromatic N) is 1. The number of hydrogen-bond acceptors (Lipinski definition) is 5. The van der Waals surface area contributed by atoms with Crippen molar-refractivity contribution >= 4 is 0 Å². The molecule has 6 rings (SSSR count). The molecular weight excluding hydrogens is 486 g/mol. The van der Waals surface area contributed by atoms with Gasteiger partial charge in [-0.25, -0.2) is 0 Å². The fourth-order valence-corrected chi connectivity index (χ4v) is 9.75. The molecule has 1 N–H and O–H groups in total. The molecule has 0 bridgehead atoms. The second kappa shape index (κ2) is 11.1. The van der Waals surface area contributed by atoms with Gasteiger partial charge >= 0.3 is 0 Å². The molecule has 0 amide bonds. The highest BCUT2D eigenvalue weighted by molar-refractivity contribution is 5.35. The zero-order valence-corrected chi connectivity index (χ0v) is 24.6. The van der Waals surface area contributed by atoms with E-state index in [-0.39, 0.29) is 16.9 Å². The van der Waals surface area contributed by atoms with E-state index in [2.05, 4.69) is 37.0 Å². The van der Waals surface area contributed by atoms with Crippen molar-refractivity contribution in [2.24, 2.45) is 28.6 Å². The Balaban J connectivity index is 1.07. The molecule has 4 aliphatic carbocycles. The van der Waals surface area contributed by atoms with E-state index < -0.39 is 5.60 Å². The average molecular weight is 538 g/mol. The summed E-state index contributed by atoms with van der Waals surface area (Å²) in [5, 5.41) is 12.2. The Hall–Kier alpha value is -1.40. The van der Waals surface area contributed by atoms with Gasteiger partial charge in [-0.15, -0.1) is 0 Å². The molecule has 5 heteroatoms. The Labute approximate surface area is 236 Å². The molecule has 0 spiro atoms. The molecule has 1 aliphatic heterocycles. The van der Waals surface area contributed by atoms with Gasteiger partial charge < -0.3 is 24.2 Å². The molecule has 39 heavy (non-hydrogen) atoms. The Morgan fingerprint density at radius 1 is 0.897 bits per heavy atom. The molecule has 5 nitrogen and oxygen atoms in total. The monoisotopic (exact) mass is 537 g/mol. The summed E-state index contributed by atoms with van der Waals surface area (Å²) in [7, 11) is 1.70. The highest BCUT2D eigenvalue weighted by Gasteiger charge is 2.64. The predicted molar refractivity (Wildman–Crippen MR) is 155 cm³/mol. The molecule has 1 heterocycles. The van der Waals surface area contributed by atoms with E-state index in [1.807, 2.05) is 12.1 Å². The number of likely N-dealkylation sites (tertiary alicyclic amines) is 1. The second-order valence-corrected chi connectivity index (χ2v) is 13.7. The van der Waals surface area contributed by atoms with E-state index in [0.717, 1.165) is 56.1 Å². The molecule has 0 radical (unpaired) electrons. The van der Waals surface area contributed by atoms with Crippen LogP contribution in [0.5, 0.6) is 5.75 Å². The largest absolute Gasteiger partial charge is 0.497 e. The van der Waals surface area contributed by atoms with E-state index in [1.54, 1.807) is 12.7 Å². The Kier molecular flexibility index (Phi) is 7.91. The summed E-state index contributed by atoms with van der Waals surface area (Å²) in [6.07, 6.45) is 14.6. The van der Waals surface area contributed by atoms with E-state index in [4.69, 9.17) is 14.2 Å². The van der Waals surface area contributed by atoms with Crippen molar-refractivity contribution in [3.8, 4) is 5.75 Å². The highest BCUT2D eigenvalue weighted by atomic mass is 16.5. The van der Waals surface area contributed by atoms with Crippen LogP contribution in [0.4, 0.5) is 0 Å². The summed E-state index contributed by atoms with van der Waals surface area (Å²) < 4.78 is 17.6. The van der Waals surface area contributed by atoms with Crippen LogP contribution in [-0.4, -0.2) is 62.7 Å². The Morgan fingerprint density at radius 3 is 2.44 bits per heavy atom. The van der Waals surface area contributed by atoms with Gasteiger partial charge in [0, 0.05) is 12.0 Å². The number of hydrogen-bond donors (Lipinski definition) is 1. The summed E-state index contributed by atoms with van der Waals surface area (Å²) in [6.45, 7) is 10.7. The molecule has 1 saturated heterocycles. The third kappa shape index (κ3) is 4.90. The van der Waals surface area contributed by atoms with Crippen molar-refractivity contribution in [1.29, 1.82) is 0 Å². The SMILES string of the molecule is COc1ccc(C2(O)CC[C@H]3[C@@H]4CCC5=CC(OCCOCCN6CCCC6)CC[C@]5(C)[C@@H]4CC[C@@]32C)cc1. The van der Waals surface area contributed by atoms with E-state index in [0.29, 0.717) is 25.0 Å². The minimum Gasteiger partial charge on any atom is -0.497 e. The van der Waals surface area contributed by atoms with Gasteiger partial charge in [0.15, 0.2) is 0 Å². The predicted octanol–water partition coefficient (Wildman–Crippen LogP) is 6.34. The number of fused-ring (bicyclic) bond motifs is 5. The fraction of sp³-hybridized carbons (Fsp3) is 0.765. The zero-order valence-electron chi connectivity index (χ0n) is 24.6. The molecule has 1 aromatic rings. The van der Waals surface area contributed by atoms with Crippen molar-refractivity contribution in [2.45, 2.75) is 89.8 Å². The average Bonchev–Trinajstić information content (AvgIpc) is 3.57. The number of benzene rings is 1. The van der Waals surface area contributed by atoms with Crippen LogP contribution in [0.3, 0.4) is 0 Å². The molecule has 2 unspecified atom stereocenters. The van der Waals surface area contributed by atoms with Gasteiger partial charge in [0.05, 0.1) is 38.6 Å². The lowest BCUT2D eigenvalue weighted by Gasteiger charge is -2.59. The summed E-state index contributed by atoms with van der Waals surface area (Å²) in [5.74, 6) is 2.88. The van der Waals surface area contributed by atoms with Crippen molar-refractivity contribution in [3.05, 3.63) is 41.5 Å².